The Balaban J connectivity index is 1.74. The molecule has 156 valence electrons. The van der Waals surface area contributed by atoms with Gasteiger partial charge in [0, 0.05) is 17.0 Å². The Morgan fingerprint density at radius 3 is 2.63 bits per heavy atom. The highest BCUT2D eigenvalue weighted by Gasteiger charge is 2.38. The molecule has 4 rings (SSSR count). The van der Waals surface area contributed by atoms with E-state index in [1.165, 1.54) is 12.1 Å². The second-order valence-electron chi connectivity index (χ2n) is 7.71. The quantitative estimate of drug-likeness (QED) is 0.375. The van der Waals surface area contributed by atoms with Crippen molar-refractivity contribution >= 4 is 17.8 Å². The second kappa shape index (κ2) is 7.89. The Kier molecular flexibility index (Phi) is 5.28. The zero-order chi connectivity index (χ0) is 21.4. The first kappa shape index (κ1) is 20.1. The molecule has 2 aliphatic rings. The van der Waals surface area contributed by atoms with Crippen molar-refractivity contribution in [3.05, 3.63) is 58.8 Å². The van der Waals surface area contributed by atoms with Crippen LogP contribution >= 0.6 is 0 Å². The van der Waals surface area contributed by atoms with Gasteiger partial charge < -0.3 is 14.2 Å². The van der Waals surface area contributed by atoms with E-state index in [2.05, 4.69) is 18.6 Å². The number of para-hydroxylation sites is 1. The minimum absolute atomic E-state index is 0.00362. The number of fused-ring (bicyclic) bond motifs is 3. The molecule has 1 atom stereocenters. The van der Waals surface area contributed by atoms with Gasteiger partial charge in [0.2, 0.25) is 5.78 Å². The third-order valence-corrected chi connectivity index (χ3v) is 5.06. The van der Waals surface area contributed by atoms with E-state index >= 15 is 0 Å². The van der Waals surface area contributed by atoms with Crippen molar-refractivity contribution in [3.8, 4) is 17.2 Å². The van der Waals surface area contributed by atoms with Crippen LogP contribution in [-0.2, 0) is 4.79 Å². The van der Waals surface area contributed by atoms with Crippen LogP contribution in [0.3, 0.4) is 0 Å². The summed E-state index contributed by atoms with van der Waals surface area (Å²) in [6, 6.07) is 9.33. The molecule has 0 fully saturated rings. The number of rotatable bonds is 5. The van der Waals surface area contributed by atoms with Gasteiger partial charge in [-0.2, -0.15) is 8.78 Å². The van der Waals surface area contributed by atoms with E-state index < -0.39 is 6.61 Å². The predicted octanol–water partition coefficient (Wildman–Crippen LogP) is 5.34. The minimum atomic E-state index is -2.99. The monoisotopic (exact) mass is 414 g/mol. The number of halogens is 2. The van der Waals surface area contributed by atoms with E-state index in [1.807, 2.05) is 0 Å². The summed E-state index contributed by atoms with van der Waals surface area (Å²) in [4.78, 5) is 24.9. The Labute approximate surface area is 172 Å². The highest BCUT2D eigenvalue weighted by Crippen LogP contribution is 2.48. The molecular formula is C23H20F2O5. The van der Waals surface area contributed by atoms with Gasteiger partial charge in [0.25, 0.3) is 0 Å². The summed E-state index contributed by atoms with van der Waals surface area (Å²) in [7, 11) is 0. The van der Waals surface area contributed by atoms with Crippen LogP contribution in [0.5, 0.6) is 17.2 Å². The molecule has 0 radical (unpaired) electrons. The van der Waals surface area contributed by atoms with Crippen LogP contribution in [0.1, 0.15) is 54.1 Å². The van der Waals surface area contributed by atoms with E-state index in [1.54, 1.807) is 30.3 Å². The Morgan fingerprint density at radius 1 is 1.13 bits per heavy atom. The molecule has 0 aliphatic carbocycles. The van der Waals surface area contributed by atoms with E-state index in [9.17, 15) is 18.4 Å². The number of benzene rings is 2. The van der Waals surface area contributed by atoms with Crippen molar-refractivity contribution in [2.24, 2.45) is 5.92 Å². The zero-order valence-corrected chi connectivity index (χ0v) is 16.5. The normalized spacial score (nSPS) is 19.0. The number of esters is 1. The Bertz CT molecular complexity index is 1040. The van der Waals surface area contributed by atoms with E-state index in [0.717, 1.165) is 6.42 Å². The van der Waals surface area contributed by atoms with E-state index in [0.29, 0.717) is 34.1 Å². The van der Waals surface area contributed by atoms with Gasteiger partial charge in [-0.05, 0) is 36.6 Å². The zero-order valence-electron chi connectivity index (χ0n) is 16.5. The average Bonchev–Trinajstić information content (AvgIpc) is 2.97. The second-order valence-corrected chi connectivity index (χ2v) is 7.71. The van der Waals surface area contributed by atoms with Gasteiger partial charge in [-0.15, -0.1) is 0 Å². The van der Waals surface area contributed by atoms with Crippen LogP contribution in [0.15, 0.2) is 42.2 Å². The number of allylic oxidation sites excluding steroid dienone is 1. The summed E-state index contributed by atoms with van der Waals surface area (Å²) in [5.74, 6) is 0.240. The van der Waals surface area contributed by atoms with Crippen molar-refractivity contribution in [2.75, 3.05) is 0 Å². The maximum atomic E-state index is 12.9. The summed E-state index contributed by atoms with van der Waals surface area (Å²) in [6.45, 7) is 1.13. The maximum absolute atomic E-state index is 12.9. The number of carbonyl (C=O) groups is 2. The van der Waals surface area contributed by atoms with Gasteiger partial charge in [0.15, 0.2) is 5.76 Å². The number of alkyl halides is 2. The van der Waals surface area contributed by atoms with Crippen LogP contribution in [0.25, 0.3) is 6.08 Å². The molecule has 0 saturated carbocycles. The molecule has 0 aromatic heterocycles. The summed E-state index contributed by atoms with van der Waals surface area (Å²) in [5, 5.41) is 0. The lowest BCUT2D eigenvalue weighted by Gasteiger charge is -2.27. The number of carbonyl (C=O) groups excluding carboxylic acids is 2. The molecule has 2 aromatic carbocycles. The molecule has 2 aliphatic heterocycles. The van der Waals surface area contributed by atoms with E-state index in [-0.39, 0.29) is 35.6 Å². The third kappa shape index (κ3) is 3.79. The van der Waals surface area contributed by atoms with Gasteiger partial charge in [0.1, 0.15) is 17.2 Å². The van der Waals surface area contributed by atoms with Crippen LogP contribution < -0.4 is 14.2 Å². The van der Waals surface area contributed by atoms with Crippen molar-refractivity contribution in [2.45, 2.75) is 39.2 Å². The standard InChI is InChI=1S/C23H20F2O5/c1-12(2)9-14-11-19(26)28-17-8-7-15-21(27)18(29-22(15)20(14)17)10-13-5-3-4-6-16(13)30-23(24)25/h3-8,10,12,14,23H,9,11H2,1-2H3/b18-10-. The van der Waals surface area contributed by atoms with Crippen molar-refractivity contribution in [1.82, 2.24) is 0 Å². The molecule has 5 nitrogen and oxygen atoms in total. The first-order chi connectivity index (χ1) is 14.3. The highest BCUT2D eigenvalue weighted by molar-refractivity contribution is 6.15. The predicted molar refractivity (Wildman–Crippen MR) is 105 cm³/mol. The lowest BCUT2D eigenvalue weighted by molar-refractivity contribution is -0.136. The molecule has 0 N–H and O–H groups in total. The molecule has 0 saturated heterocycles. The summed E-state index contributed by atoms with van der Waals surface area (Å²) >= 11 is 0. The Hall–Kier alpha value is -3.22. The fourth-order valence-electron chi connectivity index (χ4n) is 3.91. The Morgan fingerprint density at radius 2 is 1.90 bits per heavy atom. The number of hydrogen-bond acceptors (Lipinski definition) is 5. The summed E-state index contributed by atoms with van der Waals surface area (Å²) in [6.07, 6.45) is 2.34. The van der Waals surface area contributed by atoms with E-state index in [4.69, 9.17) is 9.47 Å². The highest BCUT2D eigenvalue weighted by atomic mass is 19.3. The number of hydrogen-bond donors (Lipinski definition) is 0. The number of Topliss-reactive ketones (excluding diaryl/α,β-unsaturated/α-hetero) is 1. The lowest BCUT2D eigenvalue weighted by atomic mass is 9.84. The molecular weight excluding hydrogens is 394 g/mol. The number of ether oxygens (including phenoxy) is 3. The van der Waals surface area contributed by atoms with Gasteiger partial charge in [-0.1, -0.05) is 32.0 Å². The first-order valence-corrected chi connectivity index (χ1v) is 9.69. The van der Waals surface area contributed by atoms with Crippen molar-refractivity contribution in [1.29, 1.82) is 0 Å². The first-order valence-electron chi connectivity index (χ1n) is 9.69. The molecule has 0 bridgehead atoms. The van der Waals surface area contributed by atoms with Crippen molar-refractivity contribution in [3.63, 3.8) is 0 Å². The molecule has 1 unspecified atom stereocenters. The van der Waals surface area contributed by atoms with Gasteiger partial charge >= 0.3 is 12.6 Å². The van der Waals surface area contributed by atoms with Gasteiger partial charge in [-0.3, -0.25) is 9.59 Å². The SMILES string of the molecule is CC(C)CC1CC(=O)Oc2ccc3c(c21)O/C(=C\c1ccccc1OC(F)F)C3=O. The average molecular weight is 414 g/mol. The lowest BCUT2D eigenvalue weighted by Crippen LogP contribution is -2.21. The largest absolute Gasteiger partial charge is 0.452 e. The molecule has 0 amide bonds. The van der Waals surface area contributed by atoms with Crippen LogP contribution in [0.4, 0.5) is 8.78 Å². The molecule has 7 heteroatoms. The minimum Gasteiger partial charge on any atom is -0.452 e. The third-order valence-electron chi connectivity index (χ3n) is 5.06. The topological polar surface area (TPSA) is 61.8 Å². The van der Waals surface area contributed by atoms with Crippen LogP contribution in [0.2, 0.25) is 0 Å². The maximum Gasteiger partial charge on any atom is 0.387 e. The van der Waals surface area contributed by atoms with Crippen LogP contribution in [-0.4, -0.2) is 18.4 Å². The fourth-order valence-corrected chi connectivity index (χ4v) is 3.91. The van der Waals surface area contributed by atoms with Gasteiger partial charge in [0.05, 0.1) is 12.0 Å². The van der Waals surface area contributed by atoms with Gasteiger partial charge in [-0.25, -0.2) is 0 Å². The molecule has 2 heterocycles. The summed E-state index contributed by atoms with van der Waals surface area (Å²) in [5.41, 5.74) is 1.36. The summed E-state index contributed by atoms with van der Waals surface area (Å²) < 4.78 is 41.2. The number of ketones is 1. The van der Waals surface area contributed by atoms with Crippen LogP contribution in [0, 0.1) is 5.92 Å². The molecule has 2 aromatic rings. The van der Waals surface area contributed by atoms with Crippen molar-refractivity contribution < 1.29 is 32.6 Å². The fraction of sp³-hybridized carbons (Fsp3) is 0.304. The molecule has 0 spiro atoms. The smallest absolute Gasteiger partial charge is 0.387 e. The molecule has 30 heavy (non-hydrogen) atoms.